The molecule has 1 atom stereocenters. The molecule has 7 nitrogen and oxygen atoms in total. The van der Waals surface area contributed by atoms with E-state index in [9.17, 15) is 24.3 Å². The van der Waals surface area contributed by atoms with E-state index in [-0.39, 0.29) is 75.4 Å². The van der Waals surface area contributed by atoms with E-state index in [0.29, 0.717) is 0 Å². The summed E-state index contributed by atoms with van der Waals surface area (Å²) in [7, 11) is 0. The zero-order valence-electron chi connectivity index (χ0n) is 11.2. The molecule has 0 radical (unpaired) electrons. The van der Waals surface area contributed by atoms with Crippen LogP contribution in [0.25, 0.3) is 0 Å². The molecule has 2 aliphatic heterocycles. The topological polar surface area (TPSA) is 107 Å². The van der Waals surface area contributed by atoms with Crippen LogP contribution in [-0.4, -0.2) is 34.6 Å². The average molecular weight is 312 g/mol. The third kappa shape index (κ3) is 2.57. The molecule has 2 heterocycles. The van der Waals surface area contributed by atoms with E-state index in [4.69, 9.17) is 0 Å². The van der Waals surface area contributed by atoms with Crippen molar-refractivity contribution in [1.29, 1.82) is 0 Å². The van der Waals surface area contributed by atoms with Crippen LogP contribution in [0.2, 0.25) is 0 Å². The van der Waals surface area contributed by atoms with Gasteiger partial charge in [-0.3, -0.25) is 29.4 Å². The molecule has 2 aliphatic rings. The maximum Gasteiger partial charge on any atom is 1.00 e. The van der Waals surface area contributed by atoms with Gasteiger partial charge < -0.3 is 5.11 Å². The maximum absolute atomic E-state index is 12.2. The van der Waals surface area contributed by atoms with Gasteiger partial charge in [-0.25, -0.2) is 0 Å². The zero-order valence-corrected chi connectivity index (χ0v) is 14.3. The van der Waals surface area contributed by atoms with Gasteiger partial charge in [-0.1, -0.05) is 17.9 Å². The Labute approximate surface area is 162 Å². The van der Waals surface area contributed by atoms with Crippen LogP contribution in [0.15, 0.2) is 18.2 Å². The smallest absolute Gasteiger partial charge is 0.872 e. The van der Waals surface area contributed by atoms with Gasteiger partial charge in [-0.15, -0.1) is 0 Å². The summed E-state index contributed by atoms with van der Waals surface area (Å²) >= 11 is 0. The van der Waals surface area contributed by atoms with Crippen LogP contribution in [0.5, 0.6) is 5.75 Å². The number of rotatable bonds is 1. The molecule has 0 spiro atoms. The second-order valence-electron chi connectivity index (χ2n) is 4.63. The SMILES string of the molecule is O=C1CCC(N2C(=O)c3cccc([O-])c3C2=O)C(=O)N1.[K+]. The fourth-order valence-electron chi connectivity index (χ4n) is 2.48. The summed E-state index contributed by atoms with van der Waals surface area (Å²) in [6.07, 6.45) is 0.123. The Balaban J connectivity index is 0.00000161. The van der Waals surface area contributed by atoms with Gasteiger partial charge in [0, 0.05) is 12.0 Å². The number of imide groups is 2. The number of piperidine rings is 1. The molecule has 0 aliphatic carbocycles. The summed E-state index contributed by atoms with van der Waals surface area (Å²) in [5, 5.41) is 13.8. The number of hydrogen-bond donors (Lipinski definition) is 1. The van der Waals surface area contributed by atoms with Crippen LogP contribution in [-0.2, 0) is 9.59 Å². The second kappa shape index (κ2) is 5.97. The van der Waals surface area contributed by atoms with E-state index in [1.165, 1.54) is 18.2 Å². The molecule has 0 saturated carbocycles. The van der Waals surface area contributed by atoms with Crippen molar-refractivity contribution in [2.24, 2.45) is 0 Å². The number of nitrogens with zero attached hydrogens (tertiary/aromatic N) is 1. The Morgan fingerprint density at radius 3 is 2.48 bits per heavy atom. The standard InChI is InChI=1S/C13H10N2O5.K/c16-8-3-1-2-6-10(8)13(20)15(12(6)19)7-4-5-9(17)14-11(7)18;/h1-3,7,16H,4-5H2,(H,14,17,18);/q;+1/p-1. The predicted molar refractivity (Wildman–Crippen MR) is 62.6 cm³/mol. The van der Waals surface area contributed by atoms with Crippen molar-refractivity contribution in [1.82, 2.24) is 10.2 Å². The van der Waals surface area contributed by atoms with Crippen LogP contribution in [0, 0.1) is 0 Å². The van der Waals surface area contributed by atoms with Crippen molar-refractivity contribution in [3.05, 3.63) is 29.3 Å². The van der Waals surface area contributed by atoms with Crippen molar-refractivity contribution in [2.75, 3.05) is 0 Å². The fourth-order valence-corrected chi connectivity index (χ4v) is 2.48. The van der Waals surface area contributed by atoms with Crippen LogP contribution < -0.4 is 61.8 Å². The summed E-state index contributed by atoms with van der Waals surface area (Å²) in [5.74, 6) is -3.12. The molecule has 4 amide bonds. The van der Waals surface area contributed by atoms with Gasteiger partial charge in [0.15, 0.2) is 0 Å². The molecule has 1 fully saturated rings. The number of carbonyl (C=O) groups excluding carboxylic acids is 4. The van der Waals surface area contributed by atoms with Crippen LogP contribution in [0.4, 0.5) is 0 Å². The molecular weight excluding hydrogens is 303 g/mol. The Kier molecular flexibility index (Phi) is 4.64. The average Bonchev–Trinajstić information content (AvgIpc) is 2.64. The number of amides is 4. The molecule has 1 aromatic rings. The number of nitrogens with one attached hydrogen (secondary N) is 1. The Hall–Kier alpha value is -1.06. The number of benzene rings is 1. The first kappa shape index (κ1) is 16.3. The van der Waals surface area contributed by atoms with Crippen LogP contribution in [0.3, 0.4) is 0 Å². The largest absolute Gasteiger partial charge is 1.00 e. The minimum Gasteiger partial charge on any atom is -0.872 e. The molecular formula is C13H9KN2O5. The van der Waals surface area contributed by atoms with Gasteiger partial charge in [-0.05, 0) is 12.5 Å². The van der Waals surface area contributed by atoms with Gasteiger partial charge in [0.2, 0.25) is 11.8 Å². The predicted octanol–water partition coefficient (Wildman–Crippen LogP) is -3.83. The molecule has 21 heavy (non-hydrogen) atoms. The van der Waals surface area contributed by atoms with Crippen molar-refractivity contribution in [3.63, 3.8) is 0 Å². The second-order valence-corrected chi connectivity index (χ2v) is 4.63. The normalized spacial score (nSPS) is 21.0. The van der Waals surface area contributed by atoms with Crippen molar-refractivity contribution < 1.29 is 75.7 Å². The Morgan fingerprint density at radius 2 is 1.86 bits per heavy atom. The summed E-state index contributed by atoms with van der Waals surface area (Å²) in [4.78, 5) is 48.0. The van der Waals surface area contributed by atoms with Crippen LogP contribution in [0.1, 0.15) is 33.6 Å². The minimum absolute atomic E-state index is 0. The van der Waals surface area contributed by atoms with E-state index in [1.807, 2.05) is 0 Å². The summed E-state index contributed by atoms with van der Waals surface area (Å²) in [5.41, 5.74) is -0.200. The monoisotopic (exact) mass is 312 g/mol. The maximum atomic E-state index is 12.2. The first-order valence-corrected chi connectivity index (χ1v) is 6.02. The van der Waals surface area contributed by atoms with E-state index >= 15 is 0 Å². The van der Waals surface area contributed by atoms with E-state index in [0.717, 1.165) is 4.90 Å². The fraction of sp³-hybridized carbons (Fsp3) is 0.231. The number of carbonyl (C=O) groups is 4. The molecule has 1 aromatic carbocycles. The summed E-state index contributed by atoms with van der Waals surface area (Å²) in [6.45, 7) is 0. The molecule has 8 heteroatoms. The van der Waals surface area contributed by atoms with E-state index < -0.39 is 35.4 Å². The van der Waals surface area contributed by atoms with Gasteiger partial charge in [0.25, 0.3) is 11.8 Å². The molecule has 0 aromatic heterocycles. The van der Waals surface area contributed by atoms with Gasteiger partial charge in [-0.2, -0.15) is 0 Å². The molecule has 1 unspecified atom stereocenters. The molecule has 0 bridgehead atoms. The van der Waals surface area contributed by atoms with E-state index in [1.54, 1.807) is 0 Å². The summed E-state index contributed by atoms with van der Waals surface area (Å²) < 4.78 is 0. The van der Waals surface area contributed by atoms with Crippen LogP contribution >= 0.6 is 0 Å². The molecule has 3 rings (SSSR count). The van der Waals surface area contributed by atoms with Crippen molar-refractivity contribution in [2.45, 2.75) is 18.9 Å². The van der Waals surface area contributed by atoms with Gasteiger partial charge in [0.1, 0.15) is 6.04 Å². The van der Waals surface area contributed by atoms with Gasteiger partial charge in [0.05, 0.1) is 5.56 Å². The summed E-state index contributed by atoms with van der Waals surface area (Å²) in [6, 6.07) is 2.92. The first-order valence-electron chi connectivity index (χ1n) is 6.02. The number of hydrogen-bond acceptors (Lipinski definition) is 5. The number of fused-ring (bicyclic) bond motifs is 1. The van der Waals surface area contributed by atoms with Crippen molar-refractivity contribution in [3.8, 4) is 5.75 Å². The molecule has 1 N–H and O–H groups in total. The van der Waals surface area contributed by atoms with E-state index in [2.05, 4.69) is 5.32 Å². The molecule has 1 saturated heterocycles. The Morgan fingerprint density at radius 1 is 1.14 bits per heavy atom. The minimum atomic E-state index is -1.04. The van der Waals surface area contributed by atoms with Crippen molar-refractivity contribution >= 4 is 23.6 Å². The first-order chi connectivity index (χ1) is 9.50. The third-order valence-electron chi connectivity index (χ3n) is 3.43. The third-order valence-corrected chi connectivity index (χ3v) is 3.43. The Bertz CT molecular complexity index is 673. The quantitative estimate of drug-likeness (QED) is 0.422. The zero-order chi connectivity index (χ0) is 14.4. The molecule has 102 valence electrons. The van der Waals surface area contributed by atoms with Gasteiger partial charge >= 0.3 is 51.4 Å².